The topological polar surface area (TPSA) is 53.0 Å². The van der Waals surface area contributed by atoms with E-state index in [1.807, 2.05) is 23.1 Å². The van der Waals surface area contributed by atoms with Gasteiger partial charge in [0.2, 0.25) is 0 Å². The smallest absolute Gasteiger partial charge is 0.408 e. The minimum Gasteiger partial charge on any atom is -0.495 e. The maximum Gasteiger partial charge on any atom is 0.408 e. The number of carboxylic acid groups (broad SMARTS) is 1. The molecule has 1 amide bonds. The van der Waals surface area contributed by atoms with Crippen LogP contribution in [0.25, 0.3) is 11.1 Å². The summed E-state index contributed by atoms with van der Waals surface area (Å²) in [6.07, 6.45) is 5.86. The predicted molar refractivity (Wildman–Crippen MR) is 129 cm³/mol. The Bertz CT molecular complexity index is 1090. The first kappa shape index (κ1) is 21.3. The number of methoxy groups -OCH3 is 1. The number of halogens is 1. The van der Waals surface area contributed by atoms with Crippen molar-refractivity contribution in [3.63, 3.8) is 0 Å². The van der Waals surface area contributed by atoms with Crippen LogP contribution in [0.5, 0.6) is 5.75 Å². The van der Waals surface area contributed by atoms with Gasteiger partial charge in [-0.05, 0) is 97.3 Å². The number of piperidine rings is 3. The van der Waals surface area contributed by atoms with Gasteiger partial charge in [-0.25, -0.2) is 4.79 Å². The summed E-state index contributed by atoms with van der Waals surface area (Å²) in [5.41, 5.74) is 4.83. The quantitative estimate of drug-likeness (QED) is 0.613. The van der Waals surface area contributed by atoms with Gasteiger partial charge < -0.3 is 14.7 Å². The van der Waals surface area contributed by atoms with E-state index in [1.165, 1.54) is 11.1 Å². The second-order valence-electron chi connectivity index (χ2n) is 10.4. The molecule has 5 nitrogen and oxygen atoms in total. The molecular formula is C27H31ClN2O3. The summed E-state index contributed by atoms with van der Waals surface area (Å²) < 4.78 is 5.41. The molecule has 1 spiro atoms. The van der Waals surface area contributed by atoms with Crippen LogP contribution < -0.4 is 4.74 Å². The van der Waals surface area contributed by atoms with E-state index in [0.717, 1.165) is 69.3 Å². The third-order valence-corrected chi connectivity index (χ3v) is 9.08. The van der Waals surface area contributed by atoms with E-state index >= 15 is 0 Å². The number of ether oxygens (including phenoxy) is 1. The number of aryl methyl sites for hydroxylation is 1. The molecule has 3 heterocycles. The van der Waals surface area contributed by atoms with Gasteiger partial charge in [-0.2, -0.15) is 0 Å². The molecule has 1 N–H and O–H groups in total. The summed E-state index contributed by atoms with van der Waals surface area (Å²) in [6.45, 7) is 3.13. The van der Waals surface area contributed by atoms with Gasteiger partial charge in [-0.1, -0.05) is 35.9 Å². The Morgan fingerprint density at radius 2 is 1.85 bits per heavy atom. The molecule has 2 aromatic carbocycles. The number of hydrogen-bond acceptors (Lipinski definition) is 3. The van der Waals surface area contributed by atoms with E-state index in [4.69, 9.17) is 16.3 Å². The second-order valence-corrected chi connectivity index (χ2v) is 10.8. The number of fused-ring (bicyclic) bond motifs is 4. The average Bonchev–Trinajstić information content (AvgIpc) is 3.61. The Kier molecular flexibility index (Phi) is 5.11. The number of hydrogen-bond donors (Lipinski definition) is 1. The average molecular weight is 467 g/mol. The lowest BCUT2D eigenvalue weighted by molar-refractivity contribution is -0.0243. The zero-order chi connectivity index (χ0) is 22.7. The molecule has 174 valence electrons. The van der Waals surface area contributed by atoms with Gasteiger partial charge in [0.1, 0.15) is 5.75 Å². The van der Waals surface area contributed by atoms with E-state index in [-0.39, 0.29) is 17.5 Å². The van der Waals surface area contributed by atoms with Crippen molar-refractivity contribution in [2.75, 3.05) is 26.7 Å². The van der Waals surface area contributed by atoms with Crippen LogP contribution in [0.15, 0.2) is 36.4 Å². The summed E-state index contributed by atoms with van der Waals surface area (Å²) in [5.74, 6) is 1.16. The maximum absolute atomic E-state index is 12.8. The zero-order valence-corrected chi connectivity index (χ0v) is 19.9. The first-order valence-corrected chi connectivity index (χ1v) is 12.6. The van der Waals surface area contributed by atoms with Crippen LogP contribution in [0.2, 0.25) is 5.02 Å². The SMILES string of the molecule is COc1cc(-c2ccc3c(c2)CCC2(CC2)[C@@H]3N(C(=O)O)C2CN3CCC2CC3)ccc1Cl. The van der Waals surface area contributed by atoms with E-state index in [1.54, 1.807) is 7.11 Å². The monoisotopic (exact) mass is 466 g/mol. The number of benzene rings is 2. The zero-order valence-electron chi connectivity index (χ0n) is 19.1. The summed E-state index contributed by atoms with van der Waals surface area (Å²) in [4.78, 5) is 17.1. The third kappa shape index (κ3) is 3.52. The maximum atomic E-state index is 12.8. The van der Waals surface area contributed by atoms with Crippen molar-refractivity contribution in [3.05, 3.63) is 52.5 Å². The minimum atomic E-state index is -0.746. The Labute approximate surface area is 200 Å². The fraction of sp³-hybridized carbons (Fsp3) is 0.519. The Morgan fingerprint density at radius 1 is 1.12 bits per heavy atom. The van der Waals surface area contributed by atoms with Crippen LogP contribution in [0.1, 0.15) is 49.3 Å². The van der Waals surface area contributed by atoms with Crippen molar-refractivity contribution >= 4 is 17.7 Å². The highest BCUT2D eigenvalue weighted by Gasteiger charge is 2.57. The number of nitrogens with zero attached hydrogens (tertiary/aromatic N) is 2. The molecule has 0 aromatic heterocycles. The van der Waals surface area contributed by atoms with Crippen molar-refractivity contribution in [2.24, 2.45) is 11.3 Å². The molecule has 33 heavy (non-hydrogen) atoms. The van der Waals surface area contributed by atoms with Crippen LogP contribution in [0.4, 0.5) is 4.79 Å². The highest BCUT2D eigenvalue weighted by molar-refractivity contribution is 6.32. The van der Waals surface area contributed by atoms with Crippen LogP contribution in [-0.2, 0) is 6.42 Å². The molecule has 1 unspecified atom stereocenters. The molecule has 2 bridgehead atoms. The van der Waals surface area contributed by atoms with E-state index in [9.17, 15) is 9.90 Å². The molecule has 4 fully saturated rings. The van der Waals surface area contributed by atoms with Gasteiger partial charge >= 0.3 is 6.09 Å². The lowest BCUT2D eigenvalue weighted by atomic mass is 9.73. The first-order chi connectivity index (χ1) is 16.0. The molecule has 7 rings (SSSR count). The minimum absolute atomic E-state index is 0.0295. The van der Waals surface area contributed by atoms with Gasteiger partial charge in [0.25, 0.3) is 0 Å². The Hall–Kier alpha value is -2.24. The molecule has 2 aliphatic carbocycles. The van der Waals surface area contributed by atoms with Gasteiger partial charge in [0.05, 0.1) is 24.2 Å². The van der Waals surface area contributed by atoms with Gasteiger partial charge in [-0.3, -0.25) is 4.90 Å². The van der Waals surface area contributed by atoms with Crippen molar-refractivity contribution in [1.82, 2.24) is 9.80 Å². The van der Waals surface area contributed by atoms with Gasteiger partial charge in [0, 0.05) is 6.54 Å². The molecule has 6 heteroatoms. The van der Waals surface area contributed by atoms with E-state index in [2.05, 4.69) is 23.1 Å². The Balaban J connectivity index is 1.39. The predicted octanol–water partition coefficient (Wildman–Crippen LogP) is 5.86. The fourth-order valence-corrected chi connectivity index (χ4v) is 6.97. The number of amides is 1. The van der Waals surface area contributed by atoms with Crippen LogP contribution in [0, 0.1) is 11.3 Å². The summed E-state index contributed by atoms with van der Waals surface area (Å²) in [5, 5.41) is 11.1. The lowest BCUT2D eigenvalue weighted by Gasteiger charge is -2.52. The summed E-state index contributed by atoms with van der Waals surface area (Å²) in [6, 6.07) is 12.6. The molecule has 1 saturated carbocycles. The van der Waals surface area contributed by atoms with Gasteiger partial charge in [-0.15, -0.1) is 0 Å². The highest BCUT2D eigenvalue weighted by atomic mass is 35.5. The van der Waals surface area contributed by atoms with Gasteiger partial charge in [0.15, 0.2) is 0 Å². The molecule has 3 saturated heterocycles. The Morgan fingerprint density at radius 3 is 2.48 bits per heavy atom. The third-order valence-electron chi connectivity index (χ3n) is 8.76. The van der Waals surface area contributed by atoms with Crippen molar-refractivity contribution in [3.8, 4) is 16.9 Å². The molecule has 3 aliphatic heterocycles. The van der Waals surface area contributed by atoms with Crippen LogP contribution >= 0.6 is 11.6 Å². The highest BCUT2D eigenvalue weighted by Crippen LogP contribution is 2.63. The standard InChI is InChI=1S/C27H31ClN2O3/c1-33-24-15-19(3-5-22(24)28)18-2-4-21-20(14-18)6-9-27(10-11-27)25(21)30(26(31)32)23-16-29-12-7-17(23)8-13-29/h2-5,14-15,17,23,25H,6-13,16H2,1H3,(H,31,32)/t23?,25-/m1/s1. The second kappa shape index (κ2) is 7.92. The normalized spacial score (nSPS) is 28.9. The van der Waals surface area contributed by atoms with E-state index in [0.29, 0.717) is 16.7 Å². The van der Waals surface area contributed by atoms with Crippen molar-refractivity contribution in [1.29, 1.82) is 0 Å². The molecular weight excluding hydrogens is 436 g/mol. The van der Waals surface area contributed by atoms with Crippen molar-refractivity contribution in [2.45, 2.75) is 50.6 Å². The molecule has 2 aromatic rings. The van der Waals surface area contributed by atoms with Crippen LogP contribution in [-0.4, -0.2) is 53.8 Å². The lowest BCUT2D eigenvalue weighted by Crippen LogP contribution is -2.60. The first-order valence-electron chi connectivity index (χ1n) is 12.2. The van der Waals surface area contributed by atoms with Crippen LogP contribution in [0.3, 0.4) is 0 Å². The number of rotatable bonds is 4. The largest absolute Gasteiger partial charge is 0.495 e. The van der Waals surface area contributed by atoms with E-state index < -0.39 is 6.09 Å². The fourth-order valence-electron chi connectivity index (χ4n) is 6.78. The number of carbonyl (C=O) groups is 1. The molecule has 5 aliphatic rings. The van der Waals surface area contributed by atoms with Crippen molar-refractivity contribution < 1.29 is 14.6 Å². The summed E-state index contributed by atoms with van der Waals surface area (Å²) >= 11 is 6.23. The summed E-state index contributed by atoms with van der Waals surface area (Å²) in [7, 11) is 1.63. The molecule has 2 atom stereocenters. The molecule has 0 radical (unpaired) electrons.